The molecule has 0 aromatic heterocycles. The topological polar surface area (TPSA) is 58.6 Å². The van der Waals surface area contributed by atoms with Crippen molar-refractivity contribution in [1.29, 1.82) is 0 Å². The third-order valence-electron chi connectivity index (χ3n) is 4.00. The molecule has 1 heterocycles. The maximum Gasteiger partial charge on any atom is 0.260 e. The molecule has 25 heavy (non-hydrogen) atoms. The Kier molecular flexibility index (Phi) is 8.13. The summed E-state index contributed by atoms with van der Waals surface area (Å²) >= 11 is 17.4. The number of ether oxygens (including phenoxy) is 1. The molecular weight excluding hydrogens is 387 g/mol. The molecule has 5 nitrogen and oxygen atoms in total. The number of nitrogens with one attached hydrogen (secondary N) is 1. The lowest BCUT2D eigenvalue weighted by Crippen LogP contribution is -2.47. The minimum atomic E-state index is -0.0991. The fourth-order valence-electron chi connectivity index (χ4n) is 2.62. The number of likely N-dealkylation sites (tertiary alicyclic amines) is 1. The fourth-order valence-corrected chi connectivity index (χ4v) is 3.22. The molecule has 1 aromatic rings. The molecule has 8 heteroatoms. The normalized spacial score (nSPS) is 15.1. The quantitative estimate of drug-likeness (QED) is 0.704. The van der Waals surface area contributed by atoms with E-state index in [1.54, 1.807) is 23.1 Å². The van der Waals surface area contributed by atoms with Crippen LogP contribution in [0, 0.1) is 0 Å². The van der Waals surface area contributed by atoms with E-state index >= 15 is 0 Å². The lowest BCUT2D eigenvalue weighted by atomic mass is 10.0. The van der Waals surface area contributed by atoms with E-state index in [0.717, 1.165) is 12.8 Å². The summed E-state index contributed by atoms with van der Waals surface area (Å²) in [6.07, 6.45) is 2.59. The molecule has 2 rings (SSSR count). The van der Waals surface area contributed by atoms with Crippen molar-refractivity contribution in [3.63, 3.8) is 0 Å². The number of nitrogens with zero attached hydrogens (tertiary/aromatic N) is 1. The summed E-state index contributed by atoms with van der Waals surface area (Å²) in [5.74, 6) is 0.836. The van der Waals surface area contributed by atoms with Gasteiger partial charge in [-0.05, 0) is 37.5 Å². The van der Waals surface area contributed by atoms with Crippen LogP contribution in [-0.4, -0.2) is 48.3 Å². The average Bonchev–Trinajstić information content (AvgIpc) is 2.59. The van der Waals surface area contributed by atoms with Crippen LogP contribution in [0.5, 0.6) is 5.75 Å². The first-order valence-corrected chi connectivity index (χ1v) is 9.49. The highest BCUT2D eigenvalue weighted by Gasteiger charge is 2.24. The van der Waals surface area contributed by atoms with Gasteiger partial charge < -0.3 is 15.0 Å². The first-order valence-electron chi connectivity index (χ1n) is 8.20. The number of piperidine rings is 1. The van der Waals surface area contributed by atoms with Crippen molar-refractivity contribution in [3.8, 4) is 5.75 Å². The lowest BCUT2D eigenvalue weighted by Gasteiger charge is -2.32. The Bertz CT molecular complexity index is 605. The average molecular weight is 408 g/mol. The van der Waals surface area contributed by atoms with Crippen LogP contribution >= 0.6 is 34.8 Å². The van der Waals surface area contributed by atoms with Crippen LogP contribution in [0.4, 0.5) is 0 Å². The van der Waals surface area contributed by atoms with Gasteiger partial charge in [0, 0.05) is 36.5 Å². The van der Waals surface area contributed by atoms with Crippen molar-refractivity contribution in [2.75, 3.05) is 25.6 Å². The van der Waals surface area contributed by atoms with Gasteiger partial charge in [-0.1, -0.05) is 23.2 Å². The van der Waals surface area contributed by atoms with Crippen molar-refractivity contribution in [3.05, 3.63) is 28.2 Å². The van der Waals surface area contributed by atoms with E-state index in [4.69, 9.17) is 39.5 Å². The smallest absolute Gasteiger partial charge is 0.260 e. The number of carbonyl (C=O) groups excluding carboxylic acids is 2. The first kappa shape index (κ1) is 20.1. The highest BCUT2D eigenvalue weighted by Crippen LogP contribution is 2.27. The van der Waals surface area contributed by atoms with Crippen LogP contribution in [0.2, 0.25) is 10.0 Å². The second-order valence-electron chi connectivity index (χ2n) is 5.88. The van der Waals surface area contributed by atoms with Crippen molar-refractivity contribution in [1.82, 2.24) is 10.2 Å². The maximum atomic E-state index is 12.2. The minimum Gasteiger partial charge on any atom is -0.482 e. The molecule has 0 spiro atoms. The largest absolute Gasteiger partial charge is 0.482 e. The summed E-state index contributed by atoms with van der Waals surface area (Å²) in [6.45, 7) is 1.11. The van der Waals surface area contributed by atoms with Crippen molar-refractivity contribution in [2.45, 2.75) is 31.7 Å². The number of alkyl halides is 1. The van der Waals surface area contributed by atoms with Gasteiger partial charge in [0.1, 0.15) is 5.75 Å². The van der Waals surface area contributed by atoms with Crippen molar-refractivity contribution in [2.24, 2.45) is 0 Å². The van der Waals surface area contributed by atoms with E-state index in [9.17, 15) is 9.59 Å². The second-order valence-corrected chi connectivity index (χ2v) is 7.10. The van der Waals surface area contributed by atoms with E-state index in [2.05, 4.69) is 5.32 Å². The molecule has 0 atom stereocenters. The Morgan fingerprint density at radius 3 is 2.60 bits per heavy atom. The second kappa shape index (κ2) is 10.1. The van der Waals surface area contributed by atoms with E-state index < -0.39 is 0 Å². The Hall–Kier alpha value is -1.17. The van der Waals surface area contributed by atoms with Crippen LogP contribution in [0.1, 0.15) is 25.7 Å². The van der Waals surface area contributed by atoms with E-state index in [0.29, 0.717) is 47.6 Å². The van der Waals surface area contributed by atoms with Gasteiger partial charge in [-0.3, -0.25) is 9.59 Å². The molecule has 0 unspecified atom stereocenters. The zero-order valence-electron chi connectivity index (χ0n) is 13.8. The summed E-state index contributed by atoms with van der Waals surface area (Å²) in [5.41, 5.74) is 0. The van der Waals surface area contributed by atoms with Crippen LogP contribution < -0.4 is 10.1 Å². The van der Waals surface area contributed by atoms with Gasteiger partial charge >= 0.3 is 0 Å². The monoisotopic (exact) mass is 406 g/mol. The van der Waals surface area contributed by atoms with Gasteiger partial charge in [0.25, 0.3) is 5.91 Å². The summed E-state index contributed by atoms with van der Waals surface area (Å²) in [7, 11) is 0. The number of hydrogen-bond acceptors (Lipinski definition) is 3. The number of benzene rings is 1. The van der Waals surface area contributed by atoms with Crippen molar-refractivity contribution >= 4 is 46.6 Å². The Balaban J connectivity index is 1.73. The van der Waals surface area contributed by atoms with Gasteiger partial charge in [0.15, 0.2) is 6.61 Å². The van der Waals surface area contributed by atoms with Gasteiger partial charge in [0.2, 0.25) is 5.91 Å². The third-order valence-corrected chi connectivity index (χ3v) is 4.79. The predicted octanol–water partition coefficient (Wildman–Crippen LogP) is 3.50. The molecule has 138 valence electrons. The number of rotatable bonds is 7. The number of carbonyl (C=O) groups is 2. The van der Waals surface area contributed by atoms with Gasteiger partial charge in [-0.2, -0.15) is 0 Å². The highest BCUT2D eigenvalue weighted by molar-refractivity contribution is 6.35. The Morgan fingerprint density at radius 2 is 1.96 bits per heavy atom. The molecule has 0 radical (unpaired) electrons. The van der Waals surface area contributed by atoms with E-state index in [1.165, 1.54) is 0 Å². The van der Waals surface area contributed by atoms with Crippen LogP contribution in [0.25, 0.3) is 0 Å². The van der Waals surface area contributed by atoms with E-state index in [1.807, 2.05) is 0 Å². The zero-order chi connectivity index (χ0) is 18.2. The molecule has 0 aliphatic carbocycles. The Labute approximate surface area is 162 Å². The maximum absolute atomic E-state index is 12.2. The highest BCUT2D eigenvalue weighted by atomic mass is 35.5. The molecule has 2 amide bonds. The van der Waals surface area contributed by atoms with Crippen molar-refractivity contribution < 1.29 is 14.3 Å². The molecule has 1 aromatic carbocycles. The molecule has 1 aliphatic heterocycles. The van der Waals surface area contributed by atoms with E-state index in [-0.39, 0.29) is 24.5 Å². The molecular formula is C17H21Cl3N2O3. The van der Waals surface area contributed by atoms with Gasteiger partial charge in [0.05, 0.1) is 5.02 Å². The fraction of sp³-hybridized carbons (Fsp3) is 0.529. The summed E-state index contributed by atoms with van der Waals surface area (Å²) in [5, 5.41) is 3.87. The predicted molar refractivity (Wildman–Crippen MR) is 99.7 cm³/mol. The third kappa shape index (κ3) is 6.57. The molecule has 1 saturated heterocycles. The summed E-state index contributed by atoms with van der Waals surface area (Å²) in [6, 6.07) is 4.98. The number of halogens is 3. The molecule has 1 N–H and O–H groups in total. The molecule has 1 fully saturated rings. The zero-order valence-corrected chi connectivity index (χ0v) is 16.0. The molecule has 0 bridgehead atoms. The molecule has 0 saturated carbocycles. The Morgan fingerprint density at radius 1 is 1.24 bits per heavy atom. The van der Waals surface area contributed by atoms with Gasteiger partial charge in [-0.25, -0.2) is 0 Å². The molecule has 1 aliphatic rings. The lowest BCUT2D eigenvalue weighted by molar-refractivity contribution is -0.134. The van der Waals surface area contributed by atoms with Crippen LogP contribution in [-0.2, 0) is 9.59 Å². The van der Waals surface area contributed by atoms with Crippen LogP contribution in [0.15, 0.2) is 18.2 Å². The number of amides is 2. The van der Waals surface area contributed by atoms with Gasteiger partial charge in [-0.15, -0.1) is 11.6 Å². The SMILES string of the molecule is O=C(CCCCl)NC1CCN(C(=O)COc2ccc(Cl)cc2Cl)CC1. The first-order chi connectivity index (χ1) is 12.0. The summed E-state index contributed by atoms with van der Waals surface area (Å²) < 4.78 is 5.48. The minimum absolute atomic E-state index is 0.0196. The number of hydrogen-bond donors (Lipinski definition) is 1. The van der Waals surface area contributed by atoms with Crippen LogP contribution in [0.3, 0.4) is 0 Å². The standard InChI is InChI=1S/C17H21Cl3N2O3/c18-7-1-2-16(23)21-13-5-8-22(9-6-13)17(24)11-25-15-4-3-12(19)10-14(15)20/h3-4,10,13H,1-2,5-9,11H2,(H,21,23). The summed E-state index contributed by atoms with van der Waals surface area (Å²) in [4.78, 5) is 25.7.